The molecule has 0 atom stereocenters. The molecule has 0 bridgehead atoms. The van der Waals surface area contributed by atoms with Gasteiger partial charge in [0.1, 0.15) is 5.00 Å². The van der Waals surface area contributed by atoms with Crippen LogP contribution in [0.15, 0.2) is 30.3 Å². The minimum Gasteiger partial charge on any atom is -0.450 e. The zero-order valence-electron chi connectivity index (χ0n) is 18.5. The summed E-state index contributed by atoms with van der Waals surface area (Å²) in [5, 5.41) is 5.36. The third-order valence-corrected chi connectivity index (χ3v) is 8.12. The SMILES string of the molecule is CCOC(=O)NC(=O)c1c(NC(=O)CCCS(=O)(=O)Cc2ccccc2)sc2c1CCCC2. The van der Waals surface area contributed by atoms with Crippen LogP contribution in [-0.4, -0.2) is 38.7 Å². The quantitative estimate of drug-likeness (QED) is 0.549. The van der Waals surface area contributed by atoms with Gasteiger partial charge in [-0.1, -0.05) is 30.3 Å². The number of hydrogen-bond donors (Lipinski definition) is 2. The molecule has 2 aromatic rings. The third kappa shape index (κ3) is 7.13. The van der Waals surface area contributed by atoms with Crippen LogP contribution in [0.3, 0.4) is 0 Å². The van der Waals surface area contributed by atoms with Crippen molar-refractivity contribution in [3.05, 3.63) is 51.9 Å². The van der Waals surface area contributed by atoms with E-state index in [-0.39, 0.29) is 36.9 Å². The van der Waals surface area contributed by atoms with Crippen LogP contribution in [0, 0.1) is 0 Å². The number of anilines is 1. The summed E-state index contributed by atoms with van der Waals surface area (Å²) < 4.78 is 29.5. The Hall–Kier alpha value is -2.72. The van der Waals surface area contributed by atoms with Crippen molar-refractivity contribution in [3.63, 3.8) is 0 Å². The number of aryl methyl sites for hydroxylation is 1. The average Bonchev–Trinajstić information content (AvgIpc) is 3.11. The number of rotatable bonds is 9. The molecule has 1 aromatic carbocycles. The minimum absolute atomic E-state index is 0.00945. The smallest absolute Gasteiger partial charge is 0.414 e. The average molecular weight is 493 g/mol. The predicted octanol–water partition coefficient (Wildman–Crippen LogP) is 3.85. The first kappa shape index (κ1) is 24.9. The van der Waals surface area contributed by atoms with E-state index in [0.717, 1.165) is 29.7 Å². The summed E-state index contributed by atoms with van der Waals surface area (Å²) >= 11 is 1.34. The third-order valence-electron chi connectivity index (χ3n) is 5.23. The van der Waals surface area contributed by atoms with E-state index < -0.39 is 21.8 Å². The molecule has 178 valence electrons. The highest BCUT2D eigenvalue weighted by Gasteiger charge is 2.27. The highest BCUT2D eigenvalue weighted by Crippen LogP contribution is 2.38. The number of benzene rings is 1. The normalized spacial score (nSPS) is 13.1. The lowest BCUT2D eigenvalue weighted by atomic mass is 9.95. The van der Waals surface area contributed by atoms with E-state index in [1.807, 2.05) is 6.07 Å². The molecule has 1 heterocycles. The Morgan fingerprint density at radius 1 is 1.09 bits per heavy atom. The van der Waals surface area contributed by atoms with Gasteiger partial charge in [-0.2, -0.15) is 0 Å². The lowest BCUT2D eigenvalue weighted by molar-refractivity contribution is -0.116. The molecule has 0 spiro atoms. The van der Waals surface area contributed by atoms with Gasteiger partial charge < -0.3 is 10.1 Å². The Morgan fingerprint density at radius 2 is 1.82 bits per heavy atom. The molecule has 0 saturated carbocycles. The zero-order chi connectivity index (χ0) is 23.8. The van der Waals surface area contributed by atoms with E-state index in [1.165, 1.54) is 11.3 Å². The number of hydrogen-bond acceptors (Lipinski definition) is 7. The molecule has 0 fully saturated rings. The number of sulfone groups is 1. The van der Waals surface area contributed by atoms with Gasteiger partial charge in [0, 0.05) is 11.3 Å². The van der Waals surface area contributed by atoms with Crippen molar-refractivity contribution >= 4 is 44.1 Å². The first-order chi connectivity index (χ1) is 15.8. The Kier molecular flexibility index (Phi) is 8.62. The van der Waals surface area contributed by atoms with Gasteiger partial charge in [-0.05, 0) is 50.2 Å². The number of alkyl carbamates (subject to hydrolysis) is 1. The number of ether oxygens (including phenoxy) is 1. The Balaban J connectivity index is 1.62. The number of carbonyl (C=O) groups excluding carboxylic acids is 3. The van der Waals surface area contributed by atoms with Gasteiger partial charge in [0.05, 0.1) is 23.7 Å². The maximum atomic E-state index is 12.7. The molecular formula is C23H28N2O6S2. The van der Waals surface area contributed by atoms with Crippen LogP contribution in [-0.2, 0) is 38.0 Å². The van der Waals surface area contributed by atoms with Crippen molar-refractivity contribution in [2.45, 2.75) is 51.2 Å². The van der Waals surface area contributed by atoms with Crippen molar-refractivity contribution < 1.29 is 27.5 Å². The van der Waals surface area contributed by atoms with Gasteiger partial charge in [-0.3, -0.25) is 14.9 Å². The summed E-state index contributed by atoms with van der Waals surface area (Å²) in [5.74, 6) is -1.14. The monoisotopic (exact) mass is 492 g/mol. The number of imide groups is 1. The van der Waals surface area contributed by atoms with E-state index in [1.54, 1.807) is 31.2 Å². The minimum atomic E-state index is -3.34. The van der Waals surface area contributed by atoms with Crippen LogP contribution in [0.4, 0.5) is 9.80 Å². The number of thiophene rings is 1. The first-order valence-electron chi connectivity index (χ1n) is 11.0. The Bertz CT molecular complexity index is 1110. The number of fused-ring (bicyclic) bond motifs is 1. The second-order valence-corrected chi connectivity index (χ2v) is 11.1. The molecule has 1 aromatic heterocycles. The summed E-state index contributed by atoms with van der Waals surface area (Å²) in [5.41, 5.74) is 1.87. The van der Waals surface area contributed by atoms with Gasteiger partial charge >= 0.3 is 6.09 Å². The van der Waals surface area contributed by atoms with Crippen molar-refractivity contribution in [1.29, 1.82) is 0 Å². The molecule has 0 unspecified atom stereocenters. The van der Waals surface area contributed by atoms with E-state index in [4.69, 9.17) is 4.74 Å². The molecular weight excluding hydrogens is 464 g/mol. The molecule has 3 amide bonds. The van der Waals surface area contributed by atoms with Crippen LogP contribution < -0.4 is 10.6 Å². The first-order valence-corrected chi connectivity index (χ1v) is 13.6. The molecule has 33 heavy (non-hydrogen) atoms. The molecule has 3 rings (SSSR count). The highest BCUT2D eigenvalue weighted by atomic mass is 32.2. The molecule has 1 aliphatic carbocycles. The summed E-state index contributed by atoms with van der Waals surface area (Å²) in [4.78, 5) is 38.0. The van der Waals surface area contributed by atoms with Crippen molar-refractivity contribution in [1.82, 2.24) is 5.32 Å². The maximum Gasteiger partial charge on any atom is 0.414 e. The van der Waals surface area contributed by atoms with Gasteiger partial charge in [-0.15, -0.1) is 11.3 Å². The molecule has 1 aliphatic rings. The molecule has 10 heteroatoms. The Labute approximate surface area is 197 Å². The molecule has 2 N–H and O–H groups in total. The van der Waals surface area contributed by atoms with Crippen LogP contribution in [0.1, 0.15) is 59.0 Å². The Morgan fingerprint density at radius 3 is 2.55 bits per heavy atom. The standard InChI is InChI=1S/C23H28N2O6S2/c1-2-31-23(28)25-21(27)20-17-11-6-7-12-18(17)32-22(20)24-19(26)13-8-14-33(29,30)15-16-9-4-3-5-10-16/h3-5,9-10H,2,6-8,11-15H2,1H3,(H,24,26)(H,25,27,28). The summed E-state index contributed by atoms with van der Waals surface area (Å²) in [7, 11) is -3.34. The fraction of sp³-hybridized carbons (Fsp3) is 0.435. The number of amides is 3. The number of nitrogens with one attached hydrogen (secondary N) is 2. The van der Waals surface area contributed by atoms with E-state index in [9.17, 15) is 22.8 Å². The van der Waals surface area contributed by atoms with E-state index >= 15 is 0 Å². The van der Waals surface area contributed by atoms with Gasteiger partial charge in [-0.25, -0.2) is 13.2 Å². The molecule has 0 aliphatic heterocycles. The van der Waals surface area contributed by atoms with Crippen LogP contribution in [0.25, 0.3) is 0 Å². The largest absolute Gasteiger partial charge is 0.450 e. The number of carbonyl (C=O) groups is 3. The molecule has 0 radical (unpaired) electrons. The van der Waals surface area contributed by atoms with Crippen molar-refractivity contribution in [2.75, 3.05) is 17.7 Å². The van der Waals surface area contributed by atoms with Crippen LogP contribution in [0.5, 0.6) is 0 Å². The second kappa shape index (κ2) is 11.4. The predicted molar refractivity (Wildman–Crippen MR) is 127 cm³/mol. The van der Waals surface area contributed by atoms with Gasteiger partial charge in [0.25, 0.3) is 5.91 Å². The fourth-order valence-electron chi connectivity index (χ4n) is 3.76. The fourth-order valence-corrected chi connectivity index (χ4v) is 6.49. The van der Waals surface area contributed by atoms with Crippen molar-refractivity contribution in [2.24, 2.45) is 0 Å². The lowest BCUT2D eigenvalue weighted by Crippen LogP contribution is -2.32. The van der Waals surface area contributed by atoms with E-state index in [2.05, 4.69) is 10.6 Å². The molecule has 0 saturated heterocycles. The highest BCUT2D eigenvalue weighted by molar-refractivity contribution is 7.90. The van der Waals surface area contributed by atoms with Crippen molar-refractivity contribution in [3.8, 4) is 0 Å². The zero-order valence-corrected chi connectivity index (χ0v) is 20.1. The van der Waals surface area contributed by atoms with Crippen LogP contribution in [0.2, 0.25) is 0 Å². The van der Waals surface area contributed by atoms with Gasteiger partial charge in [0.15, 0.2) is 9.84 Å². The lowest BCUT2D eigenvalue weighted by Gasteiger charge is -2.13. The summed E-state index contributed by atoms with van der Waals surface area (Å²) in [6.07, 6.45) is 2.79. The van der Waals surface area contributed by atoms with Gasteiger partial charge in [0.2, 0.25) is 5.91 Å². The summed E-state index contributed by atoms with van der Waals surface area (Å²) in [6, 6.07) is 8.91. The van der Waals surface area contributed by atoms with E-state index in [0.29, 0.717) is 22.5 Å². The molecule has 8 nitrogen and oxygen atoms in total. The topological polar surface area (TPSA) is 119 Å². The van der Waals surface area contributed by atoms with Crippen LogP contribution >= 0.6 is 11.3 Å². The second-order valence-electron chi connectivity index (χ2n) is 7.82. The summed E-state index contributed by atoms with van der Waals surface area (Å²) in [6.45, 7) is 1.78. The maximum absolute atomic E-state index is 12.7.